The lowest BCUT2D eigenvalue weighted by Gasteiger charge is -2.38. The zero-order valence-corrected chi connectivity index (χ0v) is 10.2. The minimum absolute atomic E-state index is 0.348. The Balaban J connectivity index is 1.74. The standard InChI is InChI=1S/C13H19N3O/c1-16-10-2-3-11(16)7-9(6-10)13(17)12-8-14-4-5-15-12/h4-5,8-11,13,17H,2-3,6-7H2,1H3. The fourth-order valence-corrected chi connectivity index (χ4v) is 3.42. The summed E-state index contributed by atoms with van der Waals surface area (Å²) in [6, 6.07) is 1.31. The maximum Gasteiger partial charge on any atom is 0.100 e. The molecule has 3 rings (SSSR count). The number of rotatable bonds is 2. The van der Waals surface area contributed by atoms with Gasteiger partial charge in [-0.25, -0.2) is 0 Å². The van der Waals surface area contributed by atoms with E-state index in [2.05, 4.69) is 21.9 Å². The van der Waals surface area contributed by atoms with Gasteiger partial charge in [0.1, 0.15) is 6.10 Å². The number of hydrogen-bond acceptors (Lipinski definition) is 4. The van der Waals surface area contributed by atoms with E-state index in [1.807, 2.05) is 0 Å². The number of aliphatic hydroxyl groups is 1. The molecule has 4 heteroatoms. The highest BCUT2D eigenvalue weighted by Crippen LogP contribution is 2.41. The fraction of sp³-hybridized carbons (Fsp3) is 0.692. The van der Waals surface area contributed by atoms with Gasteiger partial charge in [-0.3, -0.25) is 9.97 Å². The van der Waals surface area contributed by atoms with Gasteiger partial charge in [-0.1, -0.05) is 0 Å². The summed E-state index contributed by atoms with van der Waals surface area (Å²) in [5.74, 6) is 0.348. The van der Waals surface area contributed by atoms with Crippen LogP contribution in [0.3, 0.4) is 0 Å². The molecular formula is C13H19N3O. The van der Waals surface area contributed by atoms with E-state index in [9.17, 15) is 5.11 Å². The van der Waals surface area contributed by atoms with Crippen LogP contribution in [0.4, 0.5) is 0 Å². The summed E-state index contributed by atoms with van der Waals surface area (Å²) in [6.07, 6.45) is 9.28. The lowest BCUT2D eigenvalue weighted by molar-refractivity contribution is 0.0331. The molecule has 0 aliphatic carbocycles. The molecule has 0 saturated carbocycles. The molecule has 1 N–H and O–H groups in total. The Hall–Kier alpha value is -1.00. The molecule has 3 atom stereocenters. The van der Waals surface area contributed by atoms with Crippen LogP contribution in [-0.2, 0) is 0 Å². The quantitative estimate of drug-likeness (QED) is 0.838. The Bertz CT molecular complexity index is 370. The van der Waals surface area contributed by atoms with E-state index in [-0.39, 0.29) is 0 Å². The van der Waals surface area contributed by atoms with Crippen LogP contribution < -0.4 is 0 Å². The average Bonchev–Trinajstić information content (AvgIpc) is 2.61. The summed E-state index contributed by atoms with van der Waals surface area (Å²) in [5, 5.41) is 10.4. The molecule has 0 spiro atoms. The number of nitrogens with zero attached hydrogens (tertiary/aromatic N) is 3. The highest BCUT2D eigenvalue weighted by Gasteiger charge is 2.41. The van der Waals surface area contributed by atoms with Crippen molar-refractivity contribution in [2.45, 2.75) is 43.9 Å². The summed E-state index contributed by atoms with van der Waals surface area (Å²) in [4.78, 5) is 10.7. The molecule has 2 fully saturated rings. The van der Waals surface area contributed by atoms with Crippen molar-refractivity contribution in [2.75, 3.05) is 7.05 Å². The maximum atomic E-state index is 10.4. The number of aliphatic hydroxyl groups excluding tert-OH is 1. The SMILES string of the molecule is CN1C2CCC1CC(C(O)c1cnccn1)C2. The van der Waals surface area contributed by atoms with Crippen LogP contribution >= 0.6 is 0 Å². The third kappa shape index (κ3) is 1.96. The van der Waals surface area contributed by atoms with Crippen molar-refractivity contribution in [3.63, 3.8) is 0 Å². The monoisotopic (exact) mass is 233 g/mol. The van der Waals surface area contributed by atoms with E-state index in [1.54, 1.807) is 18.6 Å². The summed E-state index contributed by atoms with van der Waals surface area (Å²) in [6.45, 7) is 0. The van der Waals surface area contributed by atoms with Gasteiger partial charge in [0, 0.05) is 24.5 Å². The van der Waals surface area contributed by atoms with Gasteiger partial charge in [0.25, 0.3) is 0 Å². The van der Waals surface area contributed by atoms with E-state index in [0.717, 1.165) is 18.5 Å². The summed E-state index contributed by atoms with van der Waals surface area (Å²) >= 11 is 0. The Morgan fingerprint density at radius 2 is 2.00 bits per heavy atom. The lowest BCUT2D eigenvalue weighted by Crippen LogP contribution is -2.41. The second-order valence-corrected chi connectivity index (χ2v) is 5.36. The lowest BCUT2D eigenvalue weighted by atomic mass is 9.85. The van der Waals surface area contributed by atoms with E-state index in [1.165, 1.54) is 12.8 Å². The molecule has 0 aromatic carbocycles. The third-order valence-corrected chi connectivity index (χ3v) is 4.47. The molecule has 0 amide bonds. The smallest absolute Gasteiger partial charge is 0.100 e. The zero-order chi connectivity index (χ0) is 11.8. The number of hydrogen-bond donors (Lipinski definition) is 1. The van der Waals surface area contributed by atoms with Crippen LogP contribution in [0.2, 0.25) is 0 Å². The van der Waals surface area contributed by atoms with Crippen molar-refractivity contribution in [3.05, 3.63) is 24.3 Å². The van der Waals surface area contributed by atoms with Crippen LogP contribution in [0.15, 0.2) is 18.6 Å². The molecule has 2 saturated heterocycles. The number of aromatic nitrogens is 2. The van der Waals surface area contributed by atoms with Crippen LogP contribution in [0.25, 0.3) is 0 Å². The van der Waals surface area contributed by atoms with E-state index < -0.39 is 6.10 Å². The molecule has 2 bridgehead atoms. The zero-order valence-electron chi connectivity index (χ0n) is 10.2. The second-order valence-electron chi connectivity index (χ2n) is 5.36. The van der Waals surface area contributed by atoms with Gasteiger partial charge in [0.15, 0.2) is 0 Å². The molecule has 92 valence electrons. The first-order valence-corrected chi connectivity index (χ1v) is 6.41. The first-order chi connectivity index (χ1) is 8.25. The minimum Gasteiger partial charge on any atom is -0.386 e. The molecule has 0 radical (unpaired) electrons. The van der Waals surface area contributed by atoms with Crippen molar-refractivity contribution in [2.24, 2.45) is 5.92 Å². The van der Waals surface area contributed by atoms with Gasteiger partial charge in [-0.05, 0) is 38.6 Å². The molecule has 3 unspecified atom stereocenters. The first kappa shape index (κ1) is 11.1. The minimum atomic E-state index is -0.444. The highest BCUT2D eigenvalue weighted by molar-refractivity contribution is 5.04. The predicted molar refractivity (Wildman–Crippen MR) is 64.3 cm³/mol. The Kier molecular flexibility index (Phi) is 2.84. The first-order valence-electron chi connectivity index (χ1n) is 6.41. The molecule has 1 aromatic rings. The fourth-order valence-electron chi connectivity index (χ4n) is 3.42. The van der Waals surface area contributed by atoms with Crippen LogP contribution in [0, 0.1) is 5.92 Å². The van der Waals surface area contributed by atoms with Crippen molar-refractivity contribution < 1.29 is 5.11 Å². The number of fused-ring (bicyclic) bond motifs is 2. The van der Waals surface area contributed by atoms with Gasteiger partial charge in [0.05, 0.1) is 11.9 Å². The van der Waals surface area contributed by atoms with Gasteiger partial charge in [-0.15, -0.1) is 0 Å². The normalized spacial score (nSPS) is 34.8. The van der Waals surface area contributed by atoms with Crippen LogP contribution in [0.5, 0.6) is 0 Å². The highest BCUT2D eigenvalue weighted by atomic mass is 16.3. The van der Waals surface area contributed by atoms with E-state index >= 15 is 0 Å². The van der Waals surface area contributed by atoms with E-state index in [0.29, 0.717) is 18.0 Å². The van der Waals surface area contributed by atoms with Crippen molar-refractivity contribution in [3.8, 4) is 0 Å². The van der Waals surface area contributed by atoms with Gasteiger partial charge >= 0.3 is 0 Å². The molecule has 17 heavy (non-hydrogen) atoms. The summed E-state index contributed by atoms with van der Waals surface area (Å²) < 4.78 is 0. The predicted octanol–water partition coefficient (Wildman–Crippen LogP) is 1.38. The van der Waals surface area contributed by atoms with Gasteiger partial charge in [0.2, 0.25) is 0 Å². The van der Waals surface area contributed by atoms with Crippen molar-refractivity contribution in [1.82, 2.24) is 14.9 Å². The van der Waals surface area contributed by atoms with Crippen LogP contribution in [-0.4, -0.2) is 39.1 Å². The summed E-state index contributed by atoms with van der Waals surface area (Å²) in [7, 11) is 2.22. The van der Waals surface area contributed by atoms with Crippen molar-refractivity contribution >= 4 is 0 Å². The Morgan fingerprint density at radius 3 is 2.59 bits per heavy atom. The van der Waals surface area contributed by atoms with Gasteiger partial charge < -0.3 is 10.0 Å². The van der Waals surface area contributed by atoms with Crippen LogP contribution in [0.1, 0.15) is 37.5 Å². The molecular weight excluding hydrogens is 214 g/mol. The maximum absolute atomic E-state index is 10.4. The molecule has 2 aliphatic rings. The van der Waals surface area contributed by atoms with E-state index in [4.69, 9.17) is 0 Å². The number of piperidine rings is 1. The topological polar surface area (TPSA) is 49.2 Å². The van der Waals surface area contributed by atoms with Gasteiger partial charge in [-0.2, -0.15) is 0 Å². The molecule has 1 aromatic heterocycles. The Labute approximate surface area is 102 Å². The third-order valence-electron chi connectivity index (χ3n) is 4.47. The largest absolute Gasteiger partial charge is 0.386 e. The summed E-state index contributed by atoms with van der Waals surface area (Å²) in [5.41, 5.74) is 0.724. The molecule has 4 nitrogen and oxygen atoms in total. The Morgan fingerprint density at radius 1 is 1.29 bits per heavy atom. The van der Waals surface area contributed by atoms with Crippen molar-refractivity contribution in [1.29, 1.82) is 0 Å². The molecule has 2 aliphatic heterocycles. The second kappa shape index (κ2) is 4.35. The molecule has 3 heterocycles. The average molecular weight is 233 g/mol.